The summed E-state index contributed by atoms with van der Waals surface area (Å²) in [4.78, 5) is 13.9. The molecule has 2 aromatic rings. The Morgan fingerprint density at radius 1 is 1.36 bits per heavy atom. The average molecular weight is 260 g/mol. The first-order valence-corrected chi connectivity index (χ1v) is 4.55. The predicted octanol–water partition coefficient (Wildman–Crippen LogP) is 2.57. The van der Waals surface area contributed by atoms with E-state index in [4.69, 9.17) is 0 Å². The molecule has 0 saturated heterocycles. The number of hydrogen-bond acceptors (Lipinski definition) is 1. The molecule has 0 aliphatic rings. The molecule has 14 heavy (non-hydrogen) atoms. The zero-order valence-electron chi connectivity index (χ0n) is 6.77. The SMILES string of the molecule is O=c1cc[nH]c2c(Br)cc(F)c(F)c12. The number of pyridine rings is 1. The summed E-state index contributed by atoms with van der Waals surface area (Å²) >= 11 is 3.04. The Balaban J connectivity index is 3.11. The Morgan fingerprint density at radius 2 is 2.07 bits per heavy atom. The molecule has 72 valence electrons. The van der Waals surface area contributed by atoms with Crippen molar-refractivity contribution in [2.24, 2.45) is 0 Å². The molecule has 0 spiro atoms. The molecule has 2 nitrogen and oxygen atoms in total. The topological polar surface area (TPSA) is 32.9 Å². The van der Waals surface area contributed by atoms with E-state index in [0.717, 1.165) is 12.1 Å². The fraction of sp³-hybridized carbons (Fsp3) is 0. The Morgan fingerprint density at radius 3 is 2.79 bits per heavy atom. The van der Waals surface area contributed by atoms with Crippen LogP contribution < -0.4 is 5.43 Å². The fourth-order valence-corrected chi connectivity index (χ4v) is 1.77. The molecular weight excluding hydrogens is 256 g/mol. The molecule has 0 amide bonds. The standard InChI is InChI=1S/C9H4BrF2NO/c10-4-3-5(11)8(12)7-6(14)1-2-13-9(4)7/h1-3H,(H,13,14). The Kier molecular flexibility index (Phi) is 2.11. The van der Waals surface area contributed by atoms with Crippen LogP contribution in [-0.4, -0.2) is 4.98 Å². The molecule has 0 saturated carbocycles. The number of rotatable bonds is 0. The molecule has 5 heteroatoms. The molecule has 1 N–H and O–H groups in total. The van der Waals surface area contributed by atoms with Crippen LogP contribution in [0.15, 0.2) is 27.6 Å². The number of H-pyrrole nitrogens is 1. The van der Waals surface area contributed by atoms with Crippen molar-refractivity contribution >= 4 is 26.8 Å². The molecule has 0 radical (unpaired) electrons. The van der Waals surface area contributed by atoms with Crippen LogP contribution in [0.3, 0.4) is 0 Å². The lowest BCUT2D eigenvalue weighted by Crippen LogP contribution is -2.04. The van der Waals surface area contributed by atoms with E-state index in [1.165, 1.54) is 6.20 Å². The molecule has 0 fully saturated rings. The summed E-state index contributed by atoms with van der Waals surface area (Å²) in [5.41, 5.74) is -0.284. The first kappa shape index (κ1) is 9.33. The molecule has 0 unspecified atom stereocenters. The van der Waals surface area contributed by atoms with Crippen molar-refractivity contribution in [3.05, 3.63) is 44.7 Å². The molecule has 1 heterocycles. The highest BCUT2D eigenvalue weighted by atomic mass is 79.9. The van der Waals surface area contributed by atoms with Crippen molar-refractivity contribution in [1.29, 1.82) is 0 Å². The summed E-state index contributed by atoms with van der Waals surface area (Å²) < 4.78 is 26.5. The summed E-state index contributed by atoms with van der Waals surface area (Å²) in [6, 6.07) is 2.13. The van der Waals surface area contributed by atoms with Gasteiger partial charge in [-0.05, 0) is 22.0 Å². The highest BCUT2D eigenvalue weighted by Gasteiger charge is 2.13. The third-order valence-electron chi connectivity index (χ3n) is 1.88. The van der Waals surface area contributed by atoms with Crippen LogP contribution in [0, 0.1) is 11.6 Å². The van der Waals surface area contributed by atoms with Gasteiger partial charge in [-0.3, -0.25) is 4.79 Å². The molecule has 0 atom stereocenters. The predicted molar refractivity (Wildman–Crippen MR) is 52.2 cm³/mol. The minimum atomic E-state index is -1.12. The zero-order chi connectivity index (χ0) is 10.3. The summed E-state index contributed by atoms with van der Waals surface area (Å²) in [6.45, 7) is 0. The van der Waals surface area contributed by atoms with Crippen LogP contribution in [0.2, 0.25) is 0 Å². The van der Waals surface area contributed by atoms with Gasteiger partial charge in [-0.2, -0.15) is 0 Å². The number of fused-ring (bicyclic) bond motifs is 1. The highest BCUT2D eigenvalue weighted by molar-refractivity contribution is 9.10. The van der Waals surface area contributed by atoms with Gasteiger partial charge in [-0.1, -0.05) is 0 Å². The van der Waals surface area contributed by atoms with Crippen molar-refractivity contribution in [3.8, 4) is 0 Å². The summed E-state index contributed by atoms with van der Waals surface area (Å²) in [5, 5.41) is -0.264. The second kappa shape index (κ2) is 3.16. The number of nitrogens with one attached hydrogen (secondary N) is 1. The van der Waals surface area contributed by atoms with E-state index in [2.05, 4.69) is 20.9 Å². The van der Waals surface area contributed by atoms with Gasteiger partial charge >= 0.3 is 0 Å². The maximum Gasteiger partial charge on any atom is 0.192 e. The highest BCUT2D eigenvalue weighted by Crippen LogP contribution is 2.24. The molecule has 1 aromatic carbocycles. The van der Waals surface area contributed by atoms with Crippen molar-refractivity contribution in [1.82, 2.24) is 4.98 Å². The van der Waals surface area contributed by atoms with Gasteiger partial charge in [0.25, 0.3) is 0 Å². The monoisotopic (exact) mass is 259 g/mol. The van der Waals surface area contributed by atoms with Gasteiger partial charge < -0.3 is 4.98 Å². The average Bonchev–Trinajstić information content (AvgIpc) is 2.14. The van der Waals surface area contributed by atoms with Crippen molar-refractivity contribution < 1.29 is 8.78 Å². The number of aromatic nitrogens is 1. The van der Waals surface area contributed by atoms with Crippen LogP contribution in [0.25, 0.3) is 10.9 Å². The Labute approximate surface area is 85.7 Å². The largest absolute Gasteiger partial charge is 0.360 e. The van der Waals surface area contributed by atoms with Gasteiger partial charge in [-0.15, -0.1) is 0 Å². The van der Waals surface area contributed by atoms with Crippen molar-refractivity contribution in [2.45, 2.75) is 0 Å². The fourth-order valence-electron chi connectivity index (χ4n) is 1.25. The van der Waals surface area contributed by atoms with Crippen LogP contribution >= 0.6 is 15.9 Å². The number of benzene rings is 1. The molecule has 0 aliphatic heterocycles. The molecule has 1 aromatic heterocycles. The molecule has 0 aliphatic carbocycles. The lowest BCUT2D eigenvalue weighted by Gasteiger charge is -2.01. The van der Waals surface area contributed by atoms with E-state index >= 15 is 0 Å². The maximum atomic E-state index is 13.2. The second-order valence-electron chi connectivity index (χ2n) is 2.75. The first-order chi connectivity index (χ1) is 6.61. The molecular formula is C9H4BrF2NO. The smallest absolute Gasteiger partial charge is 0.192 e. The van der Waals surface area contributed by atoms with E-state index in [9.17, 15) is 13.6 Å². The van der Waals surface area contributed by atoms with Gasteiger partial charge in [0.05, 0.1) is 10.9 Å². The third kappa shape index (κ3) is 1.24. The zero-order valence-corrected chi connectivity index (χ0v) is 8.36. The van der Waals surface area contributed by atoms with Crippen LogP contribution in [0.1, 0.15) is 0 Å². The van der Waals surface area contributed by atoms with Gasteiger partial charge in [0.15, 0.2) is 17.1 Å². The van der Waals surface area contributed by atoms with E-state index in [1.54, 1.807) is 0 Å². The van der Waals surface area contributed by atoms with Crippen LogP contribution in [0.4, 0.5) is 8.78 Å². The quantitative estimate of drug-likeness (QED) is 0.725. The van der Waals surface area contributed by atoms with E-state index in [0.29, 0.717) is 4.47 Å². The normalized spacial score (nSPS) is 10.8. The minimum Gasteiger partial charge on any atom is -0.360 e. The Hall–Kier alpha value is -1.23. The summed E-state index contributed by atoms with van der Waals surface area (Å²) in [7, 11) is 0. The number of hydrogen-bond donors (Lipinski definition) is 1. The van der Waals surface area contributed by atoms with Crippen molar-refractivity contribution in [2.75, 3.05) is 0 Å². The summed E-state index contributed by atoms with van der Waals surface area (Å²) in [5.74, 6) is -2.16. The van der Waals surface area contributed by atoms with E-state index < -0.39 is 17.1 Å². The molecule has 0 bridgehead atoms. The van der Waals surface area contributed by atoms with E-state index in [1.807, 2.05) is 0 Å². The van der Waals surface area contributed by atoms with Gasteiger partial charge in [-0.25, -0.2) is 8.78 Å². The van der Waals surface area contributed by atoms with Gasteiger partial charge in [0.1, 0.15) is 0 Å². The van der Waals surface area contributed by atoms with E-state index in [-0.39, 0.29) is 10.9 Å². The second-order valence-corrected chi connectivity index (χ2v) is 3.60. The van der Waals surface area contributed by atoms with Gasteiger partial charge in [0.2, 0.25) is 0 Å². The van der Waals surface area contributed by atoms with Crippen molar-refractivity contribution in [3.63, 3.8) is 0 Å². The number of halogens is 3. The van der Waals surface area contributed by atoms with Crippen LogP contribution in [-0.2, 0) is 0 Å². The van der Waals surface area contributed by atoms with Gasteiger partial charge in [0, 0.05) is 16.7 Å². The number of aromatic amines is 1. The van der Waals surface area contributed by atoms with Crippen LogP contribution in [0.5, 0.6) is 0 Å². The first-order valence-electron chi connectivity index (χ1n) is 3.76. The lowest BCUT2D eigenvalue weighted by atomic mass is 10.2. The minimum absolute atomic E-state index is 0.261. The maximum absolute atomic E-state index is 13.2. The Bertz CT molecular complexity index is 564. The lowest BCUT2D eigenvalue weighted by molar-refractivity contribution is 0.516. The summed E-state index contributed by atoms with van der Waals surface area (Å²) in [6.07, 6.45) is 1.38. The third-order valence-corrected chi connectivity index (χ3v) is 2.51. The molecule has 2 rings (SSSR count).